The third-order valence-corrected chi connectivity index (χ3v) is 17.2. The molecule has 2 saturated heterocycles. The Labute approximate surface area is 385 Å². The average molecular weight is 951 g/mol. The van der Waals surface area contributed by atoms with Crippen molar-refractivity contribution in [2.24, 2.45) is 7.05 Å². The number of halogens is 2. The lowest BCUT2D eigenvalue weighted by molar-refractivity contribution is -0.0592. The Hall–Kier alpha value is -6.12. The molecule has 2 bridgehead atoms. The van der Waals surface area contributed by atoms with Crippen LogP contribution in [0.1, 0.15) is 61.9 Å². The first-order valence-electron chi connectivity index (χ1n) is 22.1. The standard InChI is InChI=1S/C48H48F2N8O7S2/c1-28-19-34(20-29(2)44(28)49)56-46(55-17-16-54(47(55)59)40-14-13-39-36(45(40)50)25-51-53(39)5)43-37-27-64-26-33(52-37)23-41(43)58(56)67(62,63)42-22-32-21-30(31-15-18-65-48(3,4)24-31)11-12-38(32)57(42)66(60,61)35-9-7-6-8-10-35/h6-14,16-17,19-22,25,31,33,37,46,52H,15,18,23-24,26-27H2,1-5H3/t31-,33-,37-,46?/m0/s1. The molecule has 0 saturated carbocycles. The van der Waals surface area contributed by atoms with Gasteiger partial charge in [0.05, 0.1) is 69.4 Å². The summed E-state index contributed by atoms with van der Waals surface area (Å²) in [4.78, 5) is 14.8. The Balaban J connectivity index is 1.16. The van der Waals surface area contributed by atoms with Crippen LogP contribution < -0.4 is 16.0 Å². The van der Waals surface area contributed by atoms with E-state index in [1.165, 1.54) is 69.2 Å². The molecular weight excluding hydrogens is 903 g/mol. The van der Waals surface area contributed by atoms with E-state index in [1.54, 1.807) is 51.2 Å². The van der Waals surface area contributed by atoms with E-state index in [4.69, 9.17) is 9.47 Å². The molecule has 1 unspecified atom stereocenters. The number of aromatic nitrogens is 5. The summed E-state index contributed by atoms with van der Waals surface area (Å²) in [6.45, 7) is 8.08. The quantitative estimate of drug-likeness (QED) is 0.170. The van der Waals surface area contributed by atoms with Gasteiger partial charge in [-0.05, 0) is 118 Å². The van der Waals surface area contributed by atoms with Crippen LogP contribution in [0, 0.1) is 25.5 Å². The van der Waals surface area contributed by atoms with Gasteiger partial charge in [0.1, 0.15) is 5.82 Å². The van der Waals surface area contributed by atoms with E-state index >= 15 is 25.6 Å². The molecule has 1 N–H and O–H groups in total. The van der Waals surface area contributed by atoms with Crippen LogP contribution in [0.5, 0.6) is 0 Å². The van der Waals surface area contributed by atoms with Gasteiger partial charge in [0.2, 0.25) is 0 Å². The topological polar surface area (TPSA) is 155 Å². The zero-order valence-electron chi connectivity index (χ0n) is 37.4. The lowest BCUT2D eigenvalue weighted by atomic mass is 9.83. The summed E-state index contributed by atoms with van der Waals surface area (Å²) in [5, 5.41) is 9.21. The molecule has 0 spiro atoms. The number of rotatable bonds is 8. The summed E-state index contributed by atoms with van der Waals surface area (Å²) >= 11 is 0. The van der Waals surface area contributed by atoms with Gasteiger partial charge in [0, 0.05) is 49.5 Å². The first-order chi connectivity index (χ1) is 31.9. The summed E-state index contributed by atoms with van der Waals surface area (Å²) < 4.78 is 113. The van der Waals surface area contributed by atoms with Crippen molar-refractivity contribution in [2.75, 3.05) is 24.8 Å². The molecule has 2 fully saturated rings. The van der Waals surface area contributed by atoms with Crippen molar-refractivity contribution < 1.29 is 35.1 Å². The molecule has 11 rings (SSSR count). The number of fused-ring (bicyclic) bond motifs is 5. The van der Waals surface area contributed by atoms with E-state index in [0.29, 0.717) is 35.2 Å². The Morgan fingerprint density at radius 1 is 0.866 bits per heavy atom. The normalized spacial score (nSPS) is 22.0. The minimum absolute atomic E-state index is 0.0527. The highest BCUT2D eigenvalue weighted by atomic mass is 32.2. The molecule has 0 amide bonds. The fourth-order valence-electron chi connectivity index (χ4n) is 10.6. The predicted molar refractivity (Wildman–Crippen MR) is 247 cm³/mol. The zero-order valence-corrected chi connectivity index (χ0v) is 39.0. The molecule has 67 heavy (non-hydrogen) atoms. The number of aryl methyl sites for hydroxylation is 3. The van der Waals surface area contributed by atoms with Crippen molar-refractivity contribution in [2.45, 2.75) is 86.6 Å². The molecule has 4 aromatic carbocycles. The number of imidazole rings is 1. The molecule has 0 aliphatic carbocycles. The van der Waals surface area contributed by atoms with E-state index in [2.05, 4.69) is 10.4 Å². The SMILES string of the molecule is Cc1cc(N2C(n3ccn(-c4ccc5c(cnn5C)c4F)c3=O)C3=C(C[C@H]4COC[C@@H]3N4)N2S(=O)(=O)c2cc3cc([C@H]4CCOC(C)(C)C4)ccc3n2S(=O)(=O)c2ccccc2)cc(C)c1F. The third-order valence-electron chi connectivity index (χ3n) is 13.7. The monoisotopic (exact) mass is 950 g/mol. The van der Waals surface area contributed by atoms with Crippen LogP contribution in [0.25, 0.3) is 27.5 Å². The largest absolute Gasteiger partial charge is 0.378 e. The van der Waals surface area contributed by atoms with Crippen LogP contribution in [0.15, 0.2) is 123 Å². The van der Waals surface area contributed by atoms with Gasteiger partial charge in [-0.3, -0.25) is 13.8 Å². The molecule has 7 heterocycles. The number of nitrogens with zero attached hydrogens (tertiary/aromatic N) is 7. The number of anilines is 1. The highest BCUT2D eigenvalue weighted by molar-refractivity contribution is 7.92. The lowest BCUT2D eigenvalue weighted by Crippen LogP contribution is -2.54. The molecular formula is C48H48F2N8O7S2. The minimum Gasteiger partial charge on any atom is -0.378 e. The van der Waals surface area contributed by atoms with Crippen molar-refractivity contribution in [1.82, 2.24) is 32.6 Å². The first kappa shape index (κ1) is 43.5. The maximum absolute atomic E-state index is 16.3. The average Bonchev–Trinajstić information content (AvgIpc) is 4.07. The number of hydrogen-bond acceptors (Lipinski definition) is 10. The number of hydrogen-bond donors (Lipinski definition) is 1. The number of benzene rings is 4. The number of morpholine rings is 1. The van der Waals surface area contributed by atoms with E-state index in [1.807, 2.05) is 26.0 Å². The van der Waals surface area contributed by atoms with E-state index in [9.17, 15) is 4.79 Å². The van der Waals surface area contributed by atoms with E-state index < -0.39 is 60.2 Å². The second kappa shape index (κ2) is 15.5. The van der Waals surface area contributed by atoms with Crippen molar-refractivity contribution in [3.05, 3.63) is 148 Å². The Kier molecular flexibility index (Phi) is 10.0. The maximum Gasteiger partial charge on any atom is 0.334 e. The summed E-state index contributed by atoms with van der Waals surface area (Å²) in [5.41, 5.74) is 1.80. The summed E-state index contributed by atoms with van der Waals surface area (Å²) in [6, 6.07) is 19.6. The smallest absolute Gasteiger partial charge is 0.334 e. The molecule has 3 aromatic heterocycles. The fraction of sp³-hybridized carbons (Fsp3) is 0.333. The maximum atomic E-state index is 16.3. The Morgan fingerprint density at radius 2 is 1.61 bits per heavy atom. The number of nitrogens with one attached hydrogen (secondary N) is 1. The van der Waals surface area contributed by atoms with E-state index in [0.717, 1.165) is 24.9 Å². The van der Waals surface area contributed by atoms with Gasteiger partial charge in [-0.2, -0.15) is 17.9 Å². The van der Waals surface area contributed by atoms with Gasteiger partial charge in [0.15, 0.2) is 17.0 Å². The van der Waals surface area contributed by atoms with Crippen molar-refractivity contribution in [3.63, 3.8) is 0 Å². The molecule has 19 heteroatoms. The Morgan fingerprint density at radius 3 is 2.36 bits per heavy atom. The van der Waals surface area contributed by atoms with Gasteiger partial charge in [-0.15, -0.1) is 0 Å². The number of hydrazine groups is 1. The molecule has 4 aliphatic heterocycles. The predicted octanol–water partition coefficient (Wildman–Crippen LogP) is 6.92. The molecule has 4 aliphatic rings. The second-order valence-corrected chi connectivity index (χ2v) is 22.1. The summed E-state index contributed by atoms with van der Waals surface area (Å²) in [6.07, 6.45) is 4.52. The van der Waals surface area contributed by atoms with Gasteiger partial charge >= 0.3 is 5.69 Å². The fourth-order valence-corrected chi connectivity index (χ4v) is 14.2. The van der Waals surface area contributed by atoms with Gasteiger partial charge < -0.3 is 14.8 Å². The third kappa shape index (κ3) is 6.79. The molecule has 15 nitrogen and oxygen atoms in total. The van der Waals surface area contributed by atoms with Crippen molar-refractivity contribution >= 4 is 47.5 Å². The summed E-state index contributed by atoms with van der Waals surface area (Å²) in [7, 11) is -7.96. The summed E-state index contributed by atoms with van der Waals surface area (Å²) in [5.74, 6) is -1.11. The van der Waals surface area contributed by atoms with Crippen molar-refractivity contribution in [1.29, 1.82) is 0 Å². The Bertz CT molecular complexity index is 3480. The van der Waals surface area contributed by atoms with E-state index in [-0.39, 0.29) is 69.9 Å². The van der Waals surface area contributed by atoms with Gasteiger partial charge in [0.25, 0.3) is 20.0 Å². The van der Waals surface area contributed by atoms with Crippen LogP contribution in [0.3, 0.4) is 0 Å². The minimum atomic E-state index is -5.03. The van der Waals surface area contributed by atoms with Gasteiger partial charge in [-0.25, -0.2) is 31.0 Å². The van der Waals surface area contributed by atoms with Crippen LogP contribution >= 0.6 is 0 Å². The molecule has 7 aromatic rings. The number of sulfonamides is 1. The van der Waals surface area contributed by atoms with Crippen molar-refractivity contribution in [3.8, 4) is 5.69 Å². The zero-order chi connectivity index (χ0) is 46.9. The number of ether oxygens (including phenoxy) is 2. The second-order valence-electron chi connectivity index (χ2n) is 18.6. The molecule has 0 radical (unpaired) electrons. The highest BCUT2D eigenvalue weighted by Gasteiger charge is 2.53. The first-order valence-corrected chi connectivity index (χ1v) is 25.0. The highest BCUT2D eigenvalue weighted by Crippen LogP contribution is 2.49. The van der Waals surface area contributed by atoms with Crippen LogP contribution in [-0.4, -0.2) is 81.6 Å². The van der Waals surface area contributed by atoms with Crippen LogP contribution in [0.4, 0.5) is 14.5 Å². The van der Waals surface area contributed by atoms with Gasteiger partial charge in [-0.1, -0.05) is 24.3 Å². The molecule has 4 atom stereocenters. The lowest BCUT2D eigenvalue weighted by Gasteiger charge is -2.38. The molecule has 348 valence electrons. The van der Waals surface area contributed by atoms with Crippen LogP contribution in [0.2, 0.25) is 0 Å². The van der Waals surface area contributed by atoms with Crippen LogP contribution in [-0.2, 0) is 36.6 Å².